The van der Waals surface area contributed by atoms with E-state index in [0.717, 1.165) is 5.71 Å². The summed E-state index contributed by atoms with van der Waals surface area (Å²) >= 11 is 6.24. The summed E-state index contributed by atoms with van der Waals surface area (Å²) in [6, 6.07) is 7.25. The van der Waals surface area contributed by atoms with E-state index in [2.05, 4.69) is 10.1 Å². The van der Waals surface area contributed by atoms with E-state index in [1.165, 1.54) is 9.13 Å². The predicted octanol–water partition coefficient (Wildman–Crippen LogP) is 2.20. The second kappa shape index (κ2) is 6.63. The fraction of sp³-hybridized carbons (Fsp3) is 0.368. The first-order valence-corrected chi connectivity index (χ1v) is 9.44. The van der Waals surface area contributed by atoms with Crippen LogP contribution in [-0.4, -0.2) is 30.4 Å². The van der Waals surface area contributed by atoms with Crippen LogP contribution in [0.4, 0.5) is 5.95 Å². The quantitative estimate of drug-likeness (QED) is 0.675. The number of fused-ring (bicyclic) bond motifs is 3. The van der Waals surface area contributed by atoms with Gasteiger partial charge in [-0.05, 0) is 32.4 Å². The summed E-state index contributed by atoms with van der Waals surface area (Å²) < 4.78 is 4.45. The van der Waals surface area contributed by atoms with Crippen LogP contribution in [0, 0.1) is 0 Å². The summed E-state index contributed by atoms with van der Waals surface area (Å²) in [5.74, 6) is 0.568. The van der Waals surface area contributed by atoms with Crippen molar-refractivity contribution in [1.29, 1.82) is 0 Å². The number of hydrazone groups is 1. The Labute approximate surface area is 166 Å². The van der Waals surface area contributed by atoms with E-state index < -0.39 is 5.69 Å². The molecule has 0 atom stereocenters. The number of aryl methyl sites for hydroxylation is 1. The normalized spacial score (nSPS) is 13.9. The molecule has 0 bridgehead atoms. The maximum Gasteiger partial charge on any atom is 0.332 e. The fourth-order valence-electron chi connectivity index (χ4n) is 3.46. The number of imidazole rings is 1. The summed E-state index contributed by atoms with van der Waals surface area (Å²) in [5.41, 5.74) is 1.52. The molecule has 2 aromatic heterocycles. The molecule has 4 rings (SSSR count). The van der Waals surface area contributed by atoms with Gasteiger partial charge in [0.15, 0.2) is 11.2 Å². The van der Waals surface area contributed by atoms with Crippen LogP contribution in [0.3, 0.4) is 0 Å². The van der Waals surface area contributed by atoms with E-state index in [0.29, 0.717) is 34.2 Å². The maximum atomic E-state index is 13.3. The van der Waals surface area contributed by atoms with Crippen LogP contribution < -0.4 is 16.3 Å². The van der Waals surface area contributed by atoms with E-state index in [1.54, 1.807) is 18.1 Å². The van der Waals surface area contributed by atoms with Crippen molar-refractivity contribution < 1.29 is 0 Å². The Morgan fingerprint density at radius 2 is 1.93 bits per heavy atom. The van der Waals surface area contributed by atoms with E-state index in [4.69, 9.17) is 11.6 Å². The topological polar surface area (TPSA) is 77.4 Å². The van der Waals surface area contributed by atoms with Gasteiger partial charge < -0.3 is 0 Å². The molecule has 1 aliphatic rings. The number of hydrogen-bond acceptors (Lipinski definition) is 5. The van der Waals surface area contributed by atoms with Crippen LogP contribution in [0.2, 0.25) is 5.02 Å². The van der Waals surface area contributed by atoms with Gasteiger partial charge >= 0.3 is 5.69 Å². The molecule has 0 aliphatic carbocycles. The Morgan fingerprint density at radius 1 is 1.21 bits per heavy atom. The Bertz CT molecular complexity index is 1230. The molecule has 0 fully saturated rings. The van der Waals surface area contributed by atoms with Crippen molar-refractivity contribution in [3.8, 4) is 0 Å². The van der Waals surface area contributed by atoms with Gasteiger partial charge in [0.2, 0.25) is 5.95 Å². The zero-order valence-electron chi connectivity index (χ0n) is 16.2. The molecule has 1 aromatic carbocycles. The maximum absolute atomic E-state index is 13.3. The average molecular weight is 401 g/mol. The molecule has 0 saturated carbocycles. The predicted molar refractivity (Wildman–Crippen MR) is 111 cm³/mol. The minimum absolute atomic E-state index is 0.0631. The molecule has 146 valence electrons. The summed E-state index contributed by atoms with van der Waals surface area (Å²) in [6.45, 7) is 6.46. The van der Waals surface area contributed by atoms with Crippen LogP contribution in [0.15, 0.2) is 39.0 Å². The van der Waals surface area contributed by atoms with Gasteiger partial charge in [-0.2, -0.15) is 10.1 Å². The minimum atomic E-state index is -0.429. The van der Waals surface area contributed by atoms with E-state index >= 15 is 0 Å². The summed E-state index contributed by atoms with van der Waals surface area (Å²) in [7, 11) is 1.62. The molecule has 3 aromatic rings. The standard InChI is InChI=1S/C19H21ClN6O2/c1-11(2)26-18-21-16-15(24(18)9-12(3)22-26)17(27)25(19(28)23(16)4)10-13-7-5-6-8-14(13)20/h5-8,11H,9-10H2,1-4H3. The van der Waals surface area contributed by atoms with Crippen LogP contribution in [-0.2, 0) is 20.1 Å². The summed E-state index contributed by atoms with van der Waals surface area (Å²) in [5, 5.41) is 6.85. The van der Waals surface area contributed by atoms with Gasteiger partial charge in [0.05, 0.1) is 24.8 Å². The molecular formula is C19H21ClN6O2. The van der Waals surface area contributed by atoms with Crippen molar-refractivity contribution in [2.75, 3.05) is 5.01 Å². The molecule has 0 N–H and O–H groups in total. The van der Waals surface area contributed by atoms with Crippen LogP contribution in [0.5, 0.6) is 0 Å². The lowest BCUT2D eigenvalue weighted by Gasteiger charge is -2.27. The highest BCUT2D eigenvalue weighted by molar-refractivity contribution is 6.31. The van der Waals surface area contributed by atoms with Crippen LogP contribution in [0.1, 0.15) is 26.3 Å². The van der Waals surface area contributed by atoms with Crippen molar-refractivity contribution in [2.24, 2.45) is 12.1 Å². The third-order valence-electron chi connectivity index (χ3n) is 4.86. The number of halogens is 1. The Kier molecular flexibility index (Phi) is 4.38. The van der Waals surface area contributed by atoms with Crippen molar-refractivity contribution >= 4 is 34.4 Å². The number of anilines is 1. The van der Waals surface area contributed by atoms with Crippen molar-refractivity contribution in [3.05, 3.63) is 55.7 Å². The largest absolute Gasteiger partial charge is 0.332 e. The molecule has 8 nitrogen and oxygen atoms in total. The van der Waals surface area contributed by atoms with Gasteiger partial charge in [-0.15, -0.1) is 0 Å². The summed E-state index contributed by atoms with van der Waals surface area (Å²) in [6.07, 6.45) is 0. The van der Waals surface area contributed by atoms with Crippen molar-refractivity contribution in [1.82, 2.24) is 18.7 Å². The minimum Gasteiger partial charge on any atom is -0.297 e. The molecule has 0 saturated heterocycles. The molecular weight excluding hydrogens is 380 g/mol. The highest BCUT2D eigenvalue weighted by Gasteiger charge is 2.27. The Balaban J connectivity index is 1.99. The van der Waals surface area contributed by atoms with E-state index in [-0.39, 0.29) is 18.1 Å². The number of hydrogen-bond donors (Lipinski definition) is 0. The van der Waals surface area contributed by atoms with Crippen molar-refractivity contribution in [3.63, 3.8) is 0 Å². The Morgan fingerprint density at radius 3 is 2.61 bits per heavy atom. The number of nitrogens with zero attached hydrogens (tertiary/aromatic N) is 6. The SMILES string of the molecule is CC1=NN(C(C)C)c2nc3c(c(=O)n(Cc4ccccc4Cl)c(=O)n3C)n2C1. The molecule has 1 aliphatic heterocycles. The second-order valence-corrected chi connectivity index (χ2v) is 7.68. The monoisotopic (exact) mass is 400 g/mol. The highest BCUT2D eigenvalue weighted by Crippen LogP contribution is 2.25. The lowest BCUT2D eigenvalue weighted by atomic mass is 10.2. The van der Waals surface area contributed by atoms with Gasteiger partial charge in [-0.25, -0.2) is 9.80 Å². The summed E-state index contributed by atoms with van der Waals surface area (Å²) in [4.78, 5) is 30.8. The number of rotatable bonds is 3. The first-order valence-electron chi connectivity index (χ1n) is 9.06. The second-order valence-electron chi connectivity index (χ2n) is 7.27. The Hall–Kier alpha value is -2.87. The molecule has 0 unspecified atom stereocenters. The van der Waals surface area contributed by atoms with Crippen LogP contribution in [0.25, 0.3) is 11.2 Å². The zero-order valence-corrected chi connectivity index (χ0v) is 16.9. The van der Waals surface area contributed by atoms with E-state index in [9.17, 15) is 9.59 Å². The molecule has 0 spiro atoms. The van der Waals surface area contributed by atoms with Gasteiger partial charge in [0.25, 0.3) is 5.56 Å². The first-order chi connectivity index (χ1) is 13.3. The molecule has 9 heteroatoms. The smallest absolute Gasteiger partial charge is 0.297 e. The molecule has 0 radical (unpaired) electrons. The van der Waals surface area contributed by atoms with Gasteiger partial charge in [0.1, 0.15) is 0 Å². The van der Waals surface area contributed by atoms with Crippen LogP contribution >= 0.6 is 11.6 Å². The third kappa shape index (κ3) is 2.75. The third-order valence-corrected chi connectivity index (χ3v) is 5.23. The number of aromatic nitrogens is 4. The van der Waals surface area contributed by atoms with Gasteiger partial charge in [0, 0.05) is 12.1 Å². The first kappa shape index (κ1) is 18.5. The fourth-order valence-corrected chi connectivity index (χ4v) is 3.65. The molecule has 0 amide bonds. The lowest BCUT2D eigenvalue weighted by molar-refractivity contribution is 0.640. The number of benzene rings is 1. The lowest BCUT2D eigenvalue weighted by Crippen LogP contribution is -2.40. The molecule has 28 heavy (non-hydrogen) atoms. The van der Waals surface area contributed by atoms with Gasteiger partial charge in [-0.1, -0.05) is 29.8 Å². The van der Waals surface area contributed by atoms with Gasteiger partial charge in [-0.3, -0.25) is 18.5 Å². The van der Waals surface area contributed by atoms with Crippen molar-refractivity contribution in [2.45, 2.75) is 39.9 Å². The zero-order chi connectivity index (χ0) is 20.2. The van der Waals surface area contributed by atoms with E-state index in [1.807, 2.05) is 43.5 Å². The molecule has 3 heterocycles. The average Bonchev–Trinajstić information content (AvgIpc) is 3.03. The highest BCUT2D eigenvalue weighted by atomic mass is 35.5.